The first-order valence-electron chi connectivity index (χ1n) is 7.69. The molecule has 0 atom stereocenters. The minimum Gasteiger partial charge on any atom is -0.130 e. The van der Waals surface area contributed by atoms with E-state index >= 15 is 0 Å². The smallest absolute Gasteiger partial charge is 0.0785 e. The molecule has 3 heteroatoms. The Morgan fingerprint density at radius 1 is 0.560 bits per heavy atom. The van der Waals surface area contributed by atoms with Gasteiger partial charge >= 0.3 is 0 Å². The van der Waals surface area contributed by atoms with Gasteiger partial charge in [-0.05, 0) is 73.2 Å². The van der Waals surface area contributed by atoms with Crippen molar-refractivity contribution in [2.24, 2.45) is 0 Å². The second-order valence-electron chi connectivity index (χ2n) is 5.12. The van der Waals surface area contributed by atoms with E-state index in [0.29, 0.717) is 0 Å². The topological polar surface area (TPSA) is 0 Å². The van der Waals surface area contributed by atoms with Crippen LogP contribution in [0.5, 0.6) is 0 Å². The Kier molecular flexibility index (Phi) is 6.31. The van der Waals surface area contributed by atoms with Crippen molar-refractivity contribution < 1.29 is 0 Å². The van der Waals surface area contributed by atoms with E-state index in [1.165, 1.54) is 9.79 Å². The Labute approximate surface area is 162 Å². The average molecular weight is 377 g/mol. The van der Waals surface area contributed by atoms with E-state index in [0.717, 1.165) is 20.9 Å². The minimum absolute atomic E-state index is 1.03. The zero-order valence-corrected chi connectivity index (χ0v) is 16.4. The van der Waals surface area contributed by atoms with Crippen LogP contribution < -0.4 is 0 Å². The van der Waals surface area contributed by atoms with Crippen LogP contribution in [0.3, 0.4) is 0 Å². The molecule has 0 fully saturated rings. The van der Waals surface area contributed by atoms with Crippen LogP contribution in [0.1, 0.15) is 20.9 Å². The van der Waals surface area contributed by atoms with Crippen molar-refractivity contribution in [1.29, 1.82) is 0 Å². The van der Waals surface area contributed by atoms with E-state index < -0.39 is 0 Å². The summed E-state index contributed by atoms with van der Waals surface area (Å²) in [6, 6.07) is 20.7. The summed E-state index contributed by atoms with van der Waals surface area (Å²) in [6.45, 7) is 0. The molecule has 0 N–H and O–H groups in total. The van der Waals surface area contributed by atoms with E-state index in [9.17, 15) is 0 Å². The number of rotatable bonds is 2. The predicted octanol–water partition coefficient (Wildman–Crippen LogP) is 5.99. The van der Waals surface area contributed by atoms with Crippen molar-refractivity contribution in [2.75, 3.05) is 12.5 Å². The van der Waals surface area contributed by atoms with Gasteiger partial charge < -0.3 is 0 Å². The molecule has 122 valence electrons. The van der Waals surface area contributed by atoms with Crippen molar-refractivity contribution in [2.45, 2.75) is 9.79 Å². The highest BCUT2D eigenvalue weighted by Crippen LogP contribution is 2.17. The van der Waals surface area contributed by atoms with Gasteiger partial charge in [0.05, 0.1) is 9.75 Å². The molecule has 2 aromatic carbocycles. The van der Waals surface area contributed by atoms with Crippen molar-refractivity contribution in [3.05, 3.63) is 81.5 Å². The summed E-state index contributed by atoms with van der Waals surface area (Å²) in [5.41, 5.74) is 2.07. The van der Waals surface area contributed by atoms with Crippen molar-refractivity contribution in [1.82, 2.24) is 0 Å². The summed E-state index contributed by atoms with van der Waals surface area (Å²) >= 11 is 5.11. The van der Waals surface area contributed by atoms with Crippen LogP contribution in [0.4, 0.5) is 0 Å². The van der Waals surface area contributed by atoms with Crippen molar-refractivity contribution >= 4 is 34.9 Å². The second-order valence-corrected chi connectivity index (χ2v) is 7.96. The quantitative estimate of drug-likeness (QED) is 0.398. The minimum atomic E-state index is 1.03. The molecule has 0 aliphatic rings. The van der Waals surface area contributed by atoms with Gasteiger partial charge in [0, 0.05) is 20.9 Å². The van der Waals surface area contributed by atoms with Crippen LogP contribution in [0.25, 0.3) is 0 Å². The van der Waals surface area contributed by atoms with Gasteiger partial charge in [-0.15, -0.1) is 34.9 Å². The Balaban J connectivity index is 1.70. The molecule has 0 aliphatic heterocycles. The number of thioether (sulfide) groups is 2. The fourth-order valence-electron chi connectivity index (χ4n) is 2.09. The first kappa shape index (κ1) is 17.8. The summed E-state index contributed by atoms with van der Waals surface area (Å²) in [5.74, 6) is 12.9. The normalized spacial score (nSPS) is 9.68. The maximum Gasteiger partial charge on any atom is 0.0785 e. The van der Waals surface area contributed by atoms with Gasteiger partial charge in [0.2, 0.25) is 0 Å². The lowest BCUT2D eigenvalue weighted by Gasteiger charge is -1.94. The molecule has 0 saturated heterocycles. The van der Waals surface area contributed by atoms with E-state index in [1.54, 1.807) is 34.9 Å². The number of hydrogen-bond acceptors (Lipinski definition) is 3. The maximum atomic E-state index is 3.22. The Hall–Kier alpha value is -2.04. The highest BCUT2D eigenvalue weighted by Gasteiger charge is 1.95. The molecular weight excluding hydrogens is 360 g/mol. The van der Waals surface area contributed by atoms with Crippen LogP contribution in [0.15, 0.2) is 70.5 Å². The summed E-state index contributed by atoms with van der Waals surface area (Å²) in [6.07, 6.45) is 4.15. The maximum absolute atomic E-state index is 3.22. The van der Waals surface area contributed by atoms with Gasteiger partial charge in [-0.3, -0.25) is 0 Å². The van der Waals surface area contributed by atoms with Crippen molar-refractivity contribution in [3.63, 3.8) is 0 Å². The molecule has 0 saturated carbocycles. The summed E-state index contributed by atoms with van der Waals surface area (Å²) in [7, 11) is 0. The van der Waals surface area contributed by atoms with Gasteiger partial charge in [0.15, 0.2) is 0 Å². The van der Waals surface area contributed by atoms with Crippen LogP contribution in [0.2, 0.25) is 0 Å². The molecule has 1 heterocycles. The highest BCUT2D eigenvalue weighted by molar-refractivity contribution is 7.98. The first-order chi connectivity index (χ1) is 12.3. The summed E-state index contributed by atoms with van der Waals surface area (Å²) < 4.78 is 0. The van der Waals surface area contributed by atoms with Gasteiger partial charge in [-0.2, -0.15) is 0 Å². The van der Waals surface area contributed by atoms with Crippen LogP contribution in [-0.4, -0.2) is 12.5 Å². The lowest BCUT2D eigenvalue weighted by Crippen LogP contribution is -1.74. The molecule has 0 spiro atoms. The molecule has 3 aromatic rings. The molecule has 25 heavy (non-hydrogen) atoms. The molecule has 0 unspecified atom stereocenters. The fraction of sp³-hybridized carbons (Fsp3) is 0.0909. The van der Waals surface area contributed by atoms with Gasteiger partial charge in [-0.25, -0.2) is 0 Å². The molecule has 0 bridgehead atoms. The Bertz CT molecular complexity index is 876. The summed E-state index contributed by atoms with van der Waals surface area (Å²) in [4.78, 5) is 4.58. The molecule has 0 aliphatic carbocycles. The van der Waals surface area contributed by atoms with E-state index in [2.05, 4.69) is 84.7 Å². The first-order valence-corrected chi connectivity index (χ1v) is 11.0. The monoisotopic (exact) mass is 376 g/mol. The largest absolute Gasteiger partial charge is 0.130 e. The lowest BCUT2D eigenvalue weighted by molar-refractivity contribution is 1.45. The Morgan fingerprint density at radius 3 is 1.32 bits per heavy atom. The Morgan fingerprint density at radius 2 is 0.960 bits per heavy atom. The molecule has 0 nitrogen and oxygen atoms in total. The third kappa shape index (κ3) is 5.21. The molecule has 3 rings (SSSR count). The van der Waals surface area contributed by atoms with Crippen LogP contribution in [-0.2, 0) is 0 Å². The number of hydrogen-bond donors (Lipinski definition) is 0. The molecule has 0 radical (unpaired) electrons. The fourth-order valence-corrected chi connectivity index (χ4v) is 3.62. The number of thiophene rings is 1. The zero-order chi connectivity index (χ0) is 17.5. The summed E-state index contributed by atoms with van der Waals surface area (Å²) in [5, 5.41) is 0. The van der Waals surface area contributed by atoms with Gasteiger partial charge in [0.25, 0.3) is 0 Å². The second kappa shape index (κ2) is 8.88. The van der Waals surface area contributed by atoms with Crippen molar-refractivity contribution in [3.8, 4) is 23.7 Å². The van der Waals surface area contributed by atoms with Gasteiger partial charge in [0.1, 0.15) is 0 Å². The molecular formula is C22H16S3. The van der Waals surface area contributed by atoms with Crippen LogP contribution >= 0.6 is 34.9 Å². The van der Waals surface area contributed by atoms with Crippen LogP contribution in [0, 0.1) is 23.7 Å². The molecule has 0 amide bonds. The number of benzene rings is 2. The highest BCUT2D eigenvalue weighted by atomic mass is 32.2. The molecule has 1 aromatic heterocycles. The van der Waals surface area contributed by atoms with Gasteiger partial charge in [-0.1, -0.05) is 23.7 Å². The zero-order valence-electron chi connectivity index (χ0n) is 14.0. The average Bonchev–Trinajstić information content (AvgIpc) is 3.13. The predicted molar refractivity (Wildman–Crippen MR) is 113 cm³/mol. The van der Waals surface area contributed by atoms with E-state index in [4.69, 9.17) is 0 Å². The van der Waals surface area contributed by atoms with E-state index in [1.807, 2.05) is 12.1 Å². The SMILES string of the molecule is CSc1ccc(C#Cc2ccc(C#Cc3ccc(SC)cc3)s2)cc1. The lowest BCUT2D eigenvalue weighted by atomic mass is 10.2. The standard InChI is InChI=1S/C22H16S3/c1-23-19-9-3-17(4-10-19)7-13-21-15-16-22(25-21)14-8-18-5-11-20(24-2)12-6-18/h3-6,9-12,15-16H,1-2H3. The third-order valence-electron chi connectivity index (χ3n) is 3.45. The van der Waals surface area contributed by atoms with E-state index in [-0.39, 0.29) is 0 Å². The third-order valence-corrected chi connectivity index (χ3v) is 5.85.